The van der Waals surface area contributed by atoms with Crippen LogP contribution in [0.2, 0.25) is 0 Å². The molecule has 6 heteroatoms. The van der Waals surface area contributed by atoms with Crippen molar-refractivity contribution in [3.63, 3.8) is 0 Å². The molecule has 0 bridgehead atoms. The zero-order valence-electron chi connectivity index (χ0n) is 15.4. The van der Waals surface area contributed by atoms with E-state index in [0.717, 1.165) is 11.1 Å². The van der Waals surface area contributed by atoms with E-state index in [2.05, 4.69) is 5.32 Å². The molecule has 0 unspecified atom stereocenters. The van der Waals surface area contributed by atoms with Crippen LogP contribution in [0.15, 0.2) is 18.2 Å². The largest absolute Gasteiger partial charge is 0.444 e. The first-order chi connectivity index (χ1) is 11.1. The van der Waals surface area contributed by atoms with Crippen LogP contribution in [0.3, 0.4) is 0 Å². The van der Waals surface area contributed by atoms with Crippen LogP contribution < -0.4 is 5.32 Å². The van der Waals surface area contributed by atoms with E-state index in [0.29, 0.717) is 12.3 Å². The third-order valence-electron chi connectivity index (χ3n) is 3.34. The Morgan fingerprint density at radius 1 is 1.17 bits per heavy atom. The molecule has 1 N–H and O–H groups in total. The van der Waals surface area contributed by atoms with Crippen molar-refractivity contribution in [2.45, 2.75) is 40.2 Å². The molecular formula is C18H28N2O4. The van der Waals surface area contributed by atoms with Crippen molar-refractivity contribution >= 4 is 17.7 Å². The highest BCUT2D eigenvalue weighted by atomic mass is 16.6. The molecule has 0 atom stereocenters. The molecule has 6 nitrogen and oxygen atoms in total. The number of anilines is 1. The predicted molar refractivity (Wildman–Crippen MR) is 94.2 cm³/mol. The number of rotatable bonds is 6. The average Bonchev–Trinajstić information content (AvgIpc) is 2.45. The van der Waals surface area contributed by atoms with Gasteiger partial charge in [0.15, 0.2) is 0 Å². The van der Waals surface area contributed by atoms with E-state index in [9.17, 15) is 9.59 Å². The van der Waals surface area contributed by atoms with Gasteiger partial charge in [0.2, 0.25) is 5.91 Å². The highest BCUT2D eigenvalue weighted by Gasteiger charge is 2.23. The molecular weight excluding hydrogens is 308 g/mol. The van der Waals surface area contributed by atoms with Crippen molar-refractivity contribution in [1.29, 1.82) is 0 Å². The van der Waals surface area contributed by atoms with E-state index in [1.165, 1.54) is 4.90 Å². The summed E-state index contributed by atoms with van der Waals surface area (Å²) in [5.74, 6) is -0.278. The Bertz CT molecular complexity index is 579. The van der Waals surface area contributed by atoms with Gasteiger partial charge in [-0.25, -0.2) is 4.79 Å². The van der Waals surface area contributed by atoms with Crippen molar-refractivity contribution in [3.8, 4) is 0 Å². The number of carbonyl (C=O) groups is 2. The van der Waals surface area contributed by atoms with E-state index in [4.69, 9.17) is 9.47 Å². The van der Waals surface area contributed by atoms with Gasteiger partial charge in [-0.3, -0.25) is 9.69 Å². The molecule has 0 saturated heterocycles. The Balaban J connectivity index is 2.72. The minimum Gasteiger partial charge on any atom is -0.444 e. The molecule has 0 aliphatic rings. The second-order valence-corrected chi connectivity index (χ2v) is 6.74. The summed E-state index contributed by atoms with van der Waals surface area (Å²) in [6.07, 6.45) is -0.533. The van der Waals surface area contributed by atoms with Gasteiger partial charge in [0.1, 0.15) is 12.1 Å². The lowest BCUT2D eigenvalue weighted by molar-refractivity contribution is -0.117. The molecule has 0 aliphatic carbocycles. The summed E-state index contributed by atoms with van der Waals surface area (Å²) in [4.78, 5) is 25.8. The molecule has 1 rings (SSSR count). The Morgan fingerprint density at radius 2 is 1.83 bits per heavy atom. The maximum atomic E-state index is 12.3. The number of hydrogen-bond donors (Lipinski definition) is 1. The van der Waals surface area contributed by atoms with Crippen molar-refractivity contribution in [3.05, 3.63) is 29.3 Å². The van der Waals surface area contributed by atoms with Gasteiger partial charge in [-0.2, -0.15) is 0 Å². The molecule has 0 aliphatic heterocycles. The predicted octanol–water partition coefficient (Wildman–Crippen LogP) is 3.13. The Kier molecular flexibility index (Phi) is 7.22. The first kappa shape index (κ1) is 20.0. The number of carbonyl (C=O) groups excluding carboxylic acids is 2. The van der Waals surface area contributed by atoms with E-state index in [1.807, 2.05) is 32.0 Å². The Hall–Kier alpha value is -2.08. The monoisotopic (exact) mass is 336 g/mol. The minimum absolute atomic E-state index is 0.0921. The van der Waals surface area contributed by atoms with Crippen molar-refractivity contribution in [2.75, 3.05) is 32.1 Å². The van der Waals surface area contributed by atoms with Gasteiger partial charge in [0.25, 0.3) is 0 Å². The lowest BCUT2D eigenvalue weighted by atomic mass is 10.1. The summed E-state index contributed by atoms with van der Waals surface area (Å²) >= 11 is 0. The van der Waals surface area contributed by atoms with E-state index < -0.39 is 11.7 Å². The standard InChI is InChI=1S/C18H28N2O4/c1-13-7-8-15(11-14(13)2)19-16(21)12-20(9-10-23-6)17(22)24-18(3,4)5/h7-8,11H,9-10,12H2,1-6H3,(H,19,21). The van der Waals surface area contributed by atoms with Gasteiger partial charge in [0, 0.05) is 19.3 Å². The molecule has 0 aromatic heterocycles. The van der Waals surface area contributed by atoms with Gasteiger partial charge in [-0.05, 0) is 57.9 Å². The fourth-order valence-electron chi connectivity index (χ4n) is 1.96. The van der Waals surface area contributed by atoms with Crippen LogP contribution in [-0.2, 0) is 14.3 Å². The highest BCUT2D eigenvalue weighted by molar-refractivity contribution is 5.94. The van der Waals surface area contributed by atoms with Crippen LogP contribution >= 0.6 is 0 Å². The summed E-state index contributed by atoms with van der Waals surface area (Å²) in [5.41, 5.74) is 2.34. The number of hydrogen-bond acceptors (Lipinski definition) is 4. The van der Waals surface area contributed by atoms with Crippen molar-refractivity contribution in [1.82, 2.24) is 4.90 Å². The zero-order valence-corrected chi connectivity index (χ0v) is 15.4. The quantitative estimate of drug-likeness (QED) is 0.866. The maximum absolute atomic E-state index is 12.3. The number of aryl methyl sites for hydroxylation is 2. The molecule has 0 fully saturated rings. The molecule has 2 amide bonds. The zero-order chi connectivity index (χ0) is 18.3. The lowest BCUT2D eigenvalue weighted by Gasteiger charge is -2.26. The highest BCUT2D eigenvalue weighted by Crippen LogP contribution is 2.14. The van der Waals surface area contributed by atoms with Crippen LogP contribution in [0.25, 0.3) is 0 Å². The number of nitrogens with zero attached hydrogens (tertiary/aromatic N) is 1. The smallest absolute Gasteiger partial charge is 0.410 e. The molecule has 1 aromatic rings. The van der Waals surface area contributed by atoms with Crippen LogP contribution in [0.1, 0.15) is 31.9 Å². The second-order valence-electron chi connectivity index (χ2n) is 6.74. The Labute approximate surface area is 144 Å². The van der Waals surface area contributed by atoms with Crippen molar-refractivity contribution in [2.24, 2.45) is 0 Å². The average molecular weight is 336 g/mol. The summed E-state index contributed by atoms with van der Waals surface area (Å²) in [7, 11) is 1.54. The third-order valence-corrected chi connectivity index (χ3v) is 3.34. The van der Waals surface area contributed by atoms with Crippen molar-refractivity contribution < 1.29 is 19.1 Å². The molecule has 134 valence electrons. The molecule has 24 heavy (non-hydrogen) atoms. The second kappa shape index (κ2) is 8.68. The minimum atomic E-state index is -0.618. The molecule has 0 spiro atoms. The number of amides is 2. The van der Waals surface area contributed by atoms with E-state index >= 15 is 0 Å². The summed E-state index contributed by atoms with van der Waals surface area (Å²) < 4.78 is 10.3. The van der Waals surface area contributed by atoms with E-state index in [1.54, 1.807) is 27.9 Å². The van der Waals surface area contributed by atoms with Gasteiger partial charge < -0.3 is 14.8 Å². The number of methoxy groups -OCH3 is 1. The number of nitrogens with one attached hydrogen (secondary N) is 1. The first-order valence-electron chi connectivity index (χ1n) is 7.96. The SMILES string of the molecule is COCCN(CC(=O)Nc1ccc(C)c(C)c1)C(=O)OC(C)(C)C. The molecule has 1 aromatic carbocycles. The maximum Gasteiger partial charge on any atom is 0.410 e. The van der Waals surface area contributed by atoms with Gasteiger partial charge in [0.05, 0.1) is 6.61 Å². The van der Waals surface area contributed by atoms with Gasteiger partial charge in [-0.1, -0.05) is 6.07 Å². The summed E-state index contributed by atoms with van der Waals surface area (Å²) in [6.45, 7) is 9.87. The topological polar surface area (TPSA) is 67.9 Å². The first-order valence-corrected chi connectivity index (χ1v) is 7.96. The third kappa shape index (κ3) is 7.00. The van der Waals surface area contributed by atoms with E-state index in [-0.39, 0.29) is 19.0 Å². The normalized spacial score (nSPS) is 11.1. The van der Waals surface area contributed by atoms with Crippen LogP contribution in [0.5, 0.6) is 0 Å². The molecule has 0 radical (unpaired) electrons. The van der Waals surface area contributed by atoms with Gasteiger partial charge >= 0.3 is 6.09 Å². The van der Waals surface area contributed by atoms with Crippen LogP contribution in [0, 0.1) is 13.8 Å². The lowest BCUT2D eigenvalue weighted by Crippen LogP contribution is -2.42. The molecule has 0 saturated carbocycles. The number of ether oxygens (including phenoxy) is 2. The summed E-state index contributed by atoms with van der Waals surface area (Å²) in [5, 5.41) is 2.81. The number of benzene rings is 1. The summed E-state index contributed by atoms with van der Waals surface area (Å²) in [6, 6.07) is 5.69. The Morgan fingerprint density at radius 3 is 2.38 bits per heavy atom. The van der Waals surface area contributed by atoms with Crippen LogP contribution in [-0.4, -0.2) is 49.3 Å². The fraction of sp³-hybridized carbons (Fsp3) is 0.556. The molecule has 0 heterocycles. The fourth-order valence-corrected chi connectivity index (χ4v) is 1.96. The van der Waals surface area contributed by atoms with Crippen LogP contribution in [0.4, 0.5) is 10.5 Å². The van der Waals surface area contributed by atoms with Gasteiger partial charge in [-0.15, -0.1) is 0 Å².